The van der Waals surface area contributed by atoms with E-state index < -0.39 is 0 Å². The van der Waals surface area contributed by atoms with Crippen LogP contribution < -0.4 is 20.1 Å². The zero-order valence-electron chi connectivity index (χ0n) is 28.2. The summed E-state index contributed by atoms with van der Waals surface area (Å²) in [7, 11) is 0. The van der Waals surface area contributed by atoms with E-state index in [-0.39, 0.29) is 35.6 Å². The quantitative estimate of drug-likeness (QED) is 0.0968. The molecule has 0 heterocycles. The molecule has 0 aliphatic carbocycles. The van der Waals surface area contributed by atoms with Crippen LogP contribution in [0, 0.1) is 10.8 Å². The lowest BCUT2D eigenvalue weighted by Crippen LogP contribution is -2.14. The van der Waals surface area contributed by atoms with Gasteiger partial charge in [-0.25, -0.2) is 0 Å². The molecule has 0 spiro atoms. The van der Waals surface area contributed by atoms with E-state index in [1.54, 1.807) is 0 Å². The standard InChI is InChI=1S/C40H42N4O2.2ClH/c1-39(2,3)29-11-7-27(8-12-29)37(41)43-31-15-19-33(20-16-31)45-35-23-25-36(26-24-35)46-34-21-17-32(18-22-34)44-38(42)28-9-13-30(14-10-28)40(4,5)6;;/h7-26H,1-6H3,(H2,41,43)(H2,42,44);2*1H. The fourth-order valence-electron chi connectivity index (χ4n) is 4.77. The number of amidine groups is 2. The molecule has 0 bridgehead atoms. The minimum Gasteiger partial charge on any atom is -0.457 e. The molecule has 0 saturated carbocycles. The first-order valence-corrected chi connectivity index (χ1v) is 15.4. The number of hydrogen-bond acceptors (Lipinski definition) is 4. The molecule has 250 valence electrons. The normalized spacial score (nSPS) is 11.0. The Morgan fingerprint density at radius 2 is 0.667 bits per heavy atom. The second-order valence-electron chi connectivity index (χ2n) is 13.4. The van der Waals surface area contributed by atoms with E-state index >= 15 is 0 Å². The summed E-state index contributed by atoms with van der Waals surface area (Å²) in [5.41, 5.74) is 5.93. The van der Waals surface area contributed by atoms with Crippen molar-refractivity contribution in [3.63, 3.8) is 0 Å². The van der Waals surface area contributed by atoms with E-state index in [2.05, 4.69) is 76.4 Å². The first-order valence-electron chi connectivity index (χ1n) is 15.4. The number of nitrogens with one attached hydrogen (secondary N) is 4. The Hall–Kier alpha value is -4.78. The molecule has 0 aliphatic rings. The van der Waals surface area contributed by atoms with Crippen molar-refractivity contribution < 1.29 is 9.47 Å². The third kappa shape index (κ3) is 10.1. The highest BCUT2D eigenvalue weighted by atomic mass is 35.5. The molecule has 0 unspecified atom stereocenters. The highest BCUT2D eigenvalue weighted by molar-refractivity contribution is 6.06. The summed E-state index contributed by atoms with van der Waals surface area (Å²) in [5.74, 6) is 3.45. The van der Waals surface area contributed by atoms with Gasteiger partial charge in [-0.2, -0.15) is 0 Å². The molecule has 0 amide bonds. The van der Waals surface area contributed by atoms with Gasteiger partial charge >= 0.3 is 0 Å². The second kappa shape index (κ2) is 15.9. The molecule has 6 nitrogen and oxygen atoms in total. The summed E-state index contributed by atoms with van der Waals surface area (Å²) < 4.78 is 12.0. The van der Waals surface area contributed by atoms with E-state index in [0.717, 1.165) is 22.5 Å². The number of rotatable bonds is 8. The Kier molecular flexibility index (Phi) is 12.5. The summed E-state index contributed by atoms with van der Waals surface area (Å²) in [4.78, 5) is 0. The number of benzene rings is 5. The highest BCUT2D eigenvalue weighted by Gasteiger charge is 2.15. The fourth-order valence-corrected chi connectivity index (χ4v) is 4.77. The van der Waals surface area contributed by atoms with E-state index in [4.69, 9.17) is 20.3 Å². The molecule has 0 radical (unpaired) electrons. The van der Waals surface area contributed by atoms with Crippen molar-refractivity contribution >= 4 is 47.9 Å². The van der Waals surface area contributed by atoms with Gasteiger partial charge in [0.2, 0.25) is 0 Å². The molecule has 48 heavy (non-hydrogen) atoms. The van der Waals surface area contributed by atoms with E-state index in [9.17, 15) is 0 Å². The Morgan fingerprint density at radius 1 is 0.417 bits per heavy atom. The van der Waals surface area contributed by atoms with Crippen LogP contribution in [-0.4, -0.2) is 11.7 Å². The Balaban J connectivity index is 0.00000312. The van der Waals surface area contributed by atoms with Gasteiger partial charge in [-0.3, -0.25) is 10.8 Å². The molecule has 5 aromatic carbocycles. The van der Waals surface area contributed by atoms with Crippen LogP contribution in [0.1, 0.15) is 63.8 Å². The van der Waals surface area contributed by atoms with Gasteiger partial charge in [-0.1, -0.05) is 90.1 Å². The average molecular weight is 684 g/mol. The maximum Gasteiger partial charge on any atom is 0.129 e. The molecule has 4 N–H and O–H groups in total. The Bertz CT molecular complexity index is 1650. The van der Waals surface area contributed by atoms with E-state index in [0.29, 0.717) is 34.7 Å². The zero-order chi connectivity index (χ0) is 32.9. The minimum absolute atomic E-state index is 0. The molecular weight excluding hydrogens is 639 g/mol. The van der Waals surface area contributed by atoms with Crippen LogP contribution in [0.5, 0.6) is 23.0 Å². The van der Waals surface area contributed by atoms with E-state index in [1.165, 1.54) is 11.1 Å². The van der Waals surface area contributed by atoms with Crippen molar-refractivity contribution in [2.24, 2.45) is 0 Å². The number of anilines is 2. The van der Waals surface area contributed by atoms with Gasteiger partial charge in [0.25, 0.3) is 0 Å². The van der Waals surface area contributed by atoms with Gasteiger partial charge in [0, 0.05) is 22.5 Å². The zero-order valence-corrected chi connectivity index (χ0v) is 29.8. The fraction of sp³-hybridized carbons (Fsp3) is 0.200. The van der Waals surface area contributed by atoms with Crippen LogP contribution >= 0.6 is 24.8 Å². The number of ether oxygens (including phenoxy) is 2. The largest absolute Gasteiger partial charge is 0.457 e. The third-order valence-electron chi connectivity index (χ3n) is 7.62. The van der Waals surface area contributed by atoms with Crippen molar-refractivity contribution in [3.8, 4) is 23.0 Å². The van der Waals surface area contributed by atoms with Crippen LogP contribution in [0.3, 0.4) is 0 Å². The van der Waals surface area contributed by atoms with Crippen LogP contribution in [0.2, 0.25) is 0 Å². The first kappa shape index (κ1) is 37.7. The van der Waals surface area contributed by atoms with Gasteiger partial charge in [0.1, 0.15) is 34.7 Å². The maximum absolute atomic E-state index is 8.45. The van der Waals surface area contributed by atoms with Gasteiger partial charge in [0.15, 0.2) is 0 Å². The van der Waals surface area contributed by atoms with Crippen molar-refractivity contribution in [1.82, 2.24) is 0 Å². The van der Waals surface area contributed by atoms with Gasteiger partial charge in [-0.05, 0) is 94.8 Å². The van der Waals surface area contributed by atoms with Crippen molar-refractivity contribution in [2.75, 3.05) is 10.6 Å². The summed E-state index contributed by atoms with van der Waals surface area (Å²) in [6.07, 6.45) is 0. The highest BCUT2D eigenvalue weighted by Crippen LogP contribution is 2.29. The van der Waals surface area contributed by atoms with Gasteiger partial charge < -0.3 is 20.1 Å². The van der Waals surface area contributed by atoms with Gasteiger partial charge in [-0.15, -0.1) is 24.8 Å². The molecule has 0 aromatic heterocycles. The van der Waals surface area contributed by atoms with Crippen LogP contribution in [0.4, 0.5) is 11.4 Å². The molecule has 0 saturated heterocycles. The number of halogens is 2. The molecule has 0 atom stereocenters. The van der Waals surface area contributed by atoms with Crippen LogP contribution in [-0.2, 0) is 10.8 Å². The molecule has 0 aliphatic heterocycles. The number of hydrogen-bond donors (Lipinski definition) is 4. The molecular formula is C40H44Cl2N4O2. The predicted molar refractivity (Wildman–Crippen MR) is 205 cm³/mol. The molecule has 8 heteroatoms. The van der Waals surface area contributed by atoms with Crippen LogP contribution in [0.25, 0.3) is 0 Å². The van der Waals surface area contributed by atoms with Crippen molar-refractivity contribution in [1.29, 1.82) is 10.8 Å². The monoisotopic (exact) mass is 682 g/mol. The lowest BCUT2D eigenvalue weighted by Gasteiger charge is -2.19. The maximum atomic E-state index is 8.45. The first-order chi connectivity index (χ1) is 21.8. The lowest BCUT2D eigenvalue weighted by atomic mass is 9.86. The molecule has 0 fully saturated rings. The summed E-state index contributed by atoms with van der Waals surface area (Å²) in [6.45, 7) is 13.1. The SMILES string of the molecule is CC(C)(C)c1ccc(C(=N)Nc2ccc(Oc3ccc(Oc4ccc(NC(=N)c5ccc(C(C)(C)C)cc5)cc4)cc3)cc2)cc1.Cl.Cl. The summed E-state index contributed by atoms with van der Waals surface area (Å²) in [6, 6.07) is 38.8. The minimum atomic E-state index is 0. The predicted octanol–water partition coefficient (Wildman–Crippen LogP) is 11.6. The van der Waals surface area contributed by atoms with E-state index in [1.807, 2.05) is 97.1 Å². The van der Waals surface area contributed by atoms with Crippen molar-refractivity contribution in [2.45, 2.75) is 52.4 Å². The average Bonchev–Trinajstić information content (AvgIpc) is 3.03. The Morgan fingerprint density at radius 3 is 0.917 bits per heavy atom. The topological polar surface area (TPSA) is 90.2 Å². The van der Waals surface area contributed by atoms with Gasteiger partial charge in [0.05, 0.1) is 0 Å². The Labute approximate surface area is 296 Å². The summed E-state index contributed by atoms with van der Waals surface area (Å²) >= 11 is 0. The van der Waals surface area contributed by atoms with Crippen molar-refractivity contribution in [3.05, 3.63) is 144 Å². The third-order valence-corrected chi connectivity index (χ3v) is 7.62. The smallest absolute Gasteiger partial charge is 0.129 e. The molecule has 5 rings (SSSR count). The lowest BCUT2D eigenvalue weighted by molar-refractivity contribution is 0.469. The summed E-state index contributed by atoms with van der Waals surface area (Å²) in [5, 5.41) is 23.2. The second-order valence-corrected chi connectivity index (χ2v) is 13.4. The van der Waals surface area contributed by atoms with Crippen LogP contribution in [0.15, 0.2) is 121 Å². The molecule has 5 aromatic rings.